The maximum atomic E-state index is 11.8. The van der Waals surface area contributed by atoms with Gasteiger partial charge in [0.1, 0.15) is 0 Å². The van der Waals surface area contributed by atoms with E-state index in [1.54, 1.807) is 4.31 Å². The minimum Gasteiger partial charge on any atom is -0.212 e. The zero-order valence-corrected chi connectivity index (χ0v) is 10.3. The zero-order chi connectivity index (χ0) is 10.8. The van der Waals surface area contributed by atoms with Crippen LogP contribution in [0.4, 0.5) is 0 Å². The van der Waals surface area contributed by atoms with Crippen molar-refractivity contribution in [3.63, 3.8) is 0 Å². The van der Waals surface area contributed by atoms with Crippen molar-refractivity contribution >= 4 is 21.6 Å². The molecule has 14 heavy (non-hydrogen) atoms. The van der Waals surface area contributed by atoms with Gasteiger partial charge in [-0.05, 0) is 18.8 Å². The van der Waals surface area contributed by atoms with E-state index in [2.05, 4.69) is 0 Å². The first-order valence-electron chi connectivity index (χ1n) is 5.03. The van der Waals surface area contributed by atoms with Crippen LogP contribution in [0.1, 0.15) is 26.7 Å². The van der Waals surface area contributed by atoms with Crippen molar-refractivity contribution in [3.05, 3.63) is 0 Å². The smallest absolute Gasteiger partial charge is 0.212 e. The van der Waals surface area contributed by atoms with Crippen LogP contribution in [0.15, 0.2) is 0 Å². The third-order valence-electron chi connectivity index (χ3n) is 2.32. The molecule has 1 heterocycles. The maximum Gasteiger partial charge on any atom is 0.214 e. The molecule has 0 saturated carbocycles. The Balaban J connectivity index is 2.56. The van der Waals surface area contributed by atoms with E-state index in [-0.39, 0.29) is 17.0 Å². The highest BCUT2D eigenvalue weighted by atomic mass is 35.5. The van der Waals surface area contributed by atoms with Gasteiger partial charge in [0.2, 0.25) is 10.0 Å². The van der Waals surface area contributed by atoms with E-state index >= 15 is 0 Å². The summed E-state index contributed by atoms with van der Waals surface area (Å²) in [5, 5.41) is 0.153. The third-order valence-corrected chi connectivity index (χ3v) is 5.00. The molecule has 1 aliphatic heterocycles. The summed E-state index contributed by atoms with van der Waals surface area (Å²) < 4.78 is 25.1. The largest absolute Gasteiger partial charge is 0.214 e. The highest BCUT2D eigenvalue weighted by Gasteiger charge is 2.27. The van der Waals surface area contributed by atoms with Crippen LogP contribution in [-0.2, 0) is 10.0 Å². The Morgan fingerprint density at radius 2 is 1.86 bits per heavy atom. The Hall–Kier alpha value is 0.200. The number of rotatable bonds is 3. The Morgan fingerprint density at radius 3 is 2.29 bits per heavy atom. The van der Waals surface area contributed by atoms with E-state index in [1.165, 1.54) is 0 Å². The fourth-order valence-corrected chi connectivity index (χ4v) is 3.64. The van der Waals surface area contributed by atoms with Gasteiger partial charge in [-0.1, -0.05) is 13.8 Å². The summed E-state index contributed by atoms with van der Waals surface area (Å²) in [7, 11) is -3.03. The van der Waals surface area contributed by atoms with Gasteiger partial charge in [-0.25, -0.2) is 12.7 Å². The van der Waals surface area contributed by atoms with Gasteiger partial charge in [-0.2, -0.15) is 0 Å². The second-order valence-electron chi connectivity index (χ2n) is 4.25. The van der Waals surface area contributed by atoms with Gasteiger partial charge in [0, 0.05) is 18.5 Å². The molecule has 0 spiro atoms. The zero-order valence-electron chi connectivity index (χ0n) is 8.74. The summed E-state index contributed by atoms with van der Waals surface area (Å²) in [4.78, 5) is 0. The average Bonchev–Trinajstić information content (AvgIpc) is 2.02. The molecule has 0 bridgehead atoms. The number of nitrogens with zero attached hydrogens (tertiary/aromatic N) is 1. The molecule has 3 nitrogen and oxygen atoms in total. The van der Waals surface area contributed by atoms with Crippen LogP contribution in [0.25, 0.3) is 0 Å². The van der Waals surface area contributed by atoms with E-state index in [0.29, 0.717) is 13.1 Å². The minimum absolute atomic E-state index is 0.153. The van der Waals surface area contributed by atoms with Crippen LogP contribution < -0.4 is 0 Å². The highest BCUT2D eigenvalue weighted by Crippen LogP contribution is 2.19. The predicted octanol–water partition coefficient (Wildman–Crippen LogP) is 1.68. The molecule has 1 aliphatic rings. The van der Waals surface area contributed by atoms with E-state index in [9.17, 15) is 8.42 Å². The SMILES string of the molecule is CC(C)CS(=O)(=O)N1CCC(Cl)CC1. The molecule has 0 aromatic heterocycles. The van der Waals surface area contributed by atoms with E-state index in [4.69, 9.17) is 11.6 Å². The van der Waals surface area contributed by atoms with Gasteiger partial charge in [0.25, 0.3) is 0 Å². The molecule has 0 aromatic rings. The molecule has 0 atom stereocenters. The molecule has 5 heteroatoms. The van der Waals surface area contributed by atoms with Crippen molar-refractivity contribution in [2.24, 2.45) is 5.92 Å². The number of hydrogen-bond acceptors (Lipinski definition) is 2. The molecule has 0 aromatic carbocycles. The molecule has 0 radical (unpaired) electrons. The van der Waals surface area contributed by atoms with Gasteiger partial charge in [0.15, 0.2) is 0 Å². The van der Waals surface area contributed by atoms with Gasteiger partial charge in [0.05, 0.1) is 5.75 Å². The first-order chi connectivity index (χ1) is 6.42. The Morgan fingerprint density at radius 1 is 1.36 bits per heavy atom. The molecule has 1 fully saturated rings. The first-order valence-corrected chi connectivity index (χ1v) is 7.08. The molecule has 1 saturated heterocycles. The second kappa shape index (κ2) is 4.81. The van der Waals surface area contributed by atoms with Crippen LogP contribution in [0.3, 0.4) is 0 Å². The molecule has 1 rings (SSSR count). The summed E-state index contributed by atoms with van der Waals surface area (Å²) in [5.74, 6) is 0.439. The van der Waals surface area contributed by atoms with Crippen molar-refractivity contribution in [3.8, 4) is 0 Å². The Bertz CT molecular complexity index is 269. The number of sulfonamides is 1. The second-order valence-corrected chi connectivity index (χ2v) is 6.88. The number of piperidine rings is 1. The normalized spacial score (nSPS) is 21.7. The number of hydrogen-bond donors (Lipinski definition) is 0. The van der Waals surface area contributed by atoms with Crippen molar-refractivity contribution < 1.29 is 8.42 Å². The standard InChI is InChI=1S/C9H18ClNO2S/c1-8(2)7-14(12,13)11-5-3-9(10)4-6-11/h8-9H,3-7H2,1-2H3. The van der Waals surface area contributed by atoms with Crippen LogP contribution in [0.2, 0.25) is 0 Å². The lowest BCUT2D eigenvalue weighted by molar-refractivity contribution is 0.348. The van der Waals surface area contributed by atoms with E-state index in [1.807, 2.05) is 13.8 Å². The van der Waals surface area contributed by atoms with Gasteiger partial charge in [-0.15, -0.1) is 11.6 Å². The maximum absolute atomic E-state index is 11.8. The fraction of sp³-hybridized carbons (Fsp3) is 1.00. The summed E-state index contributed by atoms with van der Waals surface area (Å²) in [6.07, 6.45) is 1.55. The molecular weight excluding hydrogens is 222 g/mol. The lowest BCUT2D eigenvalue weighted by atomic mass is 10.2. The molecule has 84 valence electrons. The van der Waals surface area contributed by atoms with Gasteiger partial charge in [-0.3, -0.25) is 0 Å². The first kappa shape index (κ1) is 12.3. The lowest BCUT2D eigenvalue weighted by Crippen LogP contribution is -2.40. The van der Waals surface area contributed by atoms with Gasteiger partial charge >= 0.3 is 0 Å². The topological polar surface area (TPSA) is 37.4 Å². The van der Waals surface area contributed by atoms with Crippen LogP contribution in [0.5, 0.6) is 0 Å². The molecule has 0 aliphatic carbocycles. The van der Waals surface area contributed by atoms with Crippen molar-refractivity contribution in [2.45, 2.75) is 32.1 Å². The summed E-state index contributed by atoms with van der Waals surface area (Å²) in [6, 6.07) is 0. The molecule has 0 N–H and O–H groups in total. The monoisotopic (exact) mass is 239 g/mol. The minimum atomic E-state index is -3.03. The van der Waals surface area contributed by atoms with E-state index in [0.717, 1.165) is 12.8 Å². The number of halogens is 1. The van der Waals surface area contributed by atoms with Crippen LogP contribution >= 0.6 is 11.6 Å². The lowest BCUT2D eigenvalue weighted by Gasteiger charge is -2.29. The average molecular weight is 240 g/mol. The van der Waals surface area contributed by atoms with Crippen molar-refractivity contribution in [1.29, 1.82) is 0 Å². The van der Waals surface area contributed by atoms with Crippen LogP contribution in [0, 0.1) is 5.92 Å². The highest BCUT2D eigenvalue weighted by molar-refractivity contribution is 7.89. The Kier molecular flexibility index (Phi) is 4.22. The van der Waals surface area contributed by atoms with E-state index < -0.39 is 10.0 Å². The summed E-state index contributed by atoms with van der Waals surface area (Å²) >= 11 is 5.92. The van der Waals surface area contributed by atoms with Crippen LogP contribution in [-0.4, -0.2) is 36.9 Å². The Labute approximate surface area is 91.5 Å². The van der Waals surface area contributed by atoms with Crippen molar-refractivity contribution in [2.75, 3.05) is 18.8 Å². The fourth-order valence-electron chi connectivity index (χ4n) is 1.63. The number of alkyl halides is 1. The van der Waals surface area contributed by atoms with Crippen molar-refractivity contribution in [1.82, 2.24) is 4.31 Å². The molecule has 0 unspecified atom stereocenters. The molecular formula is C9H18ClNO2S. The quantitative estimate of drug-likeness (QED) is 0.703. The third kappa shape index (κ3) is 3.41. The summed E-state index contributed by atoms with van der Waals surface area (Å²) in [5.41, 5.74) is 0. The summed E-state index contributed by atoms with van der Waals surface area (Å²) in [6.45, 7) is 5.02. The molecule has 0 amide bonds. The predicted molar refractivity (Wildman–Crippen MR) is 59.1 cm³/mol. The van der Waals surface area contributed by atoms with Gasteiger partial charge < -0.3 is 0 Å².